The molecule has 64 heavy (non-hydrogen) atoms. The van der Waals surface area contributed by atoms with Crippen molar-refractivity contribution in [3.63, 3.8) is 0 Å². The molecule has 0 amide bonds. The maximum Gasteiger partial charge on any atom is 0.182 e. The van der Waals surface area contributed by atoms with Gasteiger partial charge in [-0.2, -0.15) is 0 Å². The van der Waals surface area contributed by atoms with E-state index in [-0.39, 0.29) is 73.7 Å². The number of hydrogen-bond donors (Lipinski definition) is 11. The maximum atomic E-state index is 15.6. The van der Waals surface area contributed by atoms with Gasteiger partial charge in [-0.3, -0.25) is 4.79 Å². The third kappa shape index (κ3) is 6.93. The van der Waals surface area contributed by atoms with Gasteiger partial charge >= 0.3 is 0 Å². The number of ether oxygens (including phenoxy) is 1. The molecular weight excluding hydrogens is 813 g/mol. The van der Waals surface area contributed by atoms with Gasteiger partial charge in [0.15, 0.2) is 5.78 Å². The van der Waals surface area contributed by atoms with Crippen molar-refractivity contribution in [2.24, 2.45) is 63.4 Å². The fourth-order valence-corrected chi connectivity index (χ4v) is 16.8. The highest BCUT2D eigenvalue weighted by molar-refractivity contribution is 6.00. The van der Waals surface area contributed by atoms with E-state index in [9.17, 15) is 35.7 Å². The van der Waals surface area contributed by atoms with E-state index in [1.807, 2.05) is 32.3 Å². The van der Waals surface area contributed by atoms with Crippen LogP contribution in [0.5, 0.6) is 0 Å². The molecule has 1 spiro atoms. The zero-order valence-corrected chi connectivity index (χ0v) is 39.0. The zero-order chi connectivity index (χ0) is 45.8. The number of carbonyl (C=O) groups is 1. The van der Waals surface area contributed by atoms with Crippen LogP contribution in [0.4, 0.5) is 0 Å². The van der Waals surface area contributed by atoms with Crippen LogP contribution in [0.1, 0.15) is 124 Å². The predicted octanol–water partition coefficient (Wildman–Crippen LogP) is 3.21. The first-order valence-corrected chi connectivity index (χ1v) is 25.1. The van der Waals surface area contributed by atoms with Crippen molar-refractivity contribution in [1.82, 2.24) is 16.0 Å². The Balaban J connectivity index is 1.20. The standard InChI is InChI=1S/C51H80N4O9/c1-6-8-29-10-13-32-37(14-11-29)64-45-40(32)34(57)9-7-18-51(45,63)47(4,61)38-17-20-50(62)41-42(55-24-28(2)56)43(60)33-21-35(58)36(59)23-49(33)22-30(31-12-15-39(52)54-25-31)16-19-48(27-53-5,44(41)49)26-46(38,50)3/h12,15-16,19,25,28-30,32-40,44-45,53-59,61-63H,6-11,13-14,17-18,20-24,26-27,52H2,1-5H3. The molecule has 2 aliphatic heterocycles. The van der Waals surface area contributed by atoms with Gasteiger partial charge in [-0.25, -0.2) is 0 Å². The lowest BCUT2D eigenvalue weighted by Gasteiger charge is -2.68. The number of aliphatic hydroxyl groups is 7. The molecule has 0 aromatic rings. The van der Waals surface area contributed by atoms with Crippen LogP contribution < -0.4 is 21.7 Å². The molecule has 6 fully saturated rings. The van der Waals surface area contributed by atoms with Crippen molar-refractivity contribution in [3.8, 4) is 0 Å². The highest BCUT2D eigenvalue weighted by Crippen LogP contribution is 2.76. The number of nitrogens with one attached hydrogen (secondary N) is 3. The Morgan fingerprint density at radius 3 is 2.50 bits per heavy atom. The summed E-state index contributed by atoms with van der Waals surface area (Å²) in [6.45, 7) is 8.17. The molecule has 5 saturated carbocycles. The van der Waals surface area contributed by atoms with Gasteiger partial charge in [0, 0.05) is 53.8 Å². The summed E-state index contributed by atoms with van der Waals surface area (Å²) >= 11 is 0. The minimum absolute atomic E-state index is 0.0553. The van der Waals surface area contributed by atoms with Gasteiger partial charge in [0.05, 0.1) is 59.7 Å². The van der Waals surface area contributed by atoms with Crippen molar-refractivity contribution >= 4 is 5.78 Å². The fraction of sp³-hybridized carbons (Fsp3) is 0.824. The first kappa shape index (κ1) is 46.9. The molecule has 1 saturated heterocycles. The molecule has 13 nitrogen and oxygen atoms in total. The van der Waals surface area contributed by atoms with E-state index in [2.05, 4.69) is 35.0 Å². The van der Waals surface area contributed by atoms with Crippen LogP contribution in [0.2, 0.25) is 0 Å². The maximum absolute atomic E-state index is 15.6. The molecule has 358 valence electrons. The Kier molecular flexibility index (Phi) is 12.3. The lowest BCUT2D eigenvalue weighted by atomic mass is 9.37. The Hall–Kier alpha value is -2.17. The number of Topliss-reactive ketones (excluding diaryl/α,β-unsaturated/α-hetero) is 1. The molecule has 0 aromatic heterocycles. The largest absolute Gasteiger partial charge is 0.393 e. The number of fused-ring (bicyclic) bond motifs is 5. The van der Waals surface area contributed by atoms with Crippen LogP contribution in [0.25, 0.3) is 0 Å². The third-order valence-corrected chi connectivity index (χ3v) is 19.5. The second-order valence-electron chi connectivity index (χ2n) is 23.0. The van der Waals surface area contributed by atoms with E-state index in [4.69, 9.17) is 10.5 Å². The van der Waals surface area contributed by atoms with Crippen molar-refractivity contribution in [2.45, 2.75) is 184 Å². The van der Waals surface area contributed by atoms with E-state index in [1.165, 1.54) is 6.42 Å². The van der Waals surface area contributed by atoms with Gasteiger partial charge in [0.25, 0.3) is 0 Å². The summed E-state index contributed by atoms with van der Waals surface area (Å²) in [6, 6.07) is 0. The summed E-state index contributed by atoms with van der Waals surface area (Å²) in [5.41, 5.74) is -0.0573. The van der Waals surface area contributed by atoms with Crippen LogP contribution in [0, 0.1) is 57.7 Å². The normalized spacial score (nSPS) is 50.0. The van der Waals surface area contributed by atoms with Gasteiger partial charge in [-0.15, -0.1) is 0 Å². The molecule has 0 aromatic carbocycles. The summed E-state index contributed by atoms with van der Waals surface area (Å²) in [6.07, 6.45) is 14.5. The SMILES string of the molecule is CCCC1CCC2OC3C(C(O)CCCC3(O)C(C)(O)C3CCC4(O)C5=C(NCC(C)O)C(=O)C6CC(O)C(O)CC67CC(C6=CNC(N)C=C6)C=CC(CNC)(CC34C)C57)C2CC1. The number of nitrogens with two attached hydrogens (primary N) is 1. The molecule has 0 bridgehead atoms. The average Bonchev–Trinajstić information content (AvgIpc) is 3.56. The topological polar surface area (TPSA) is 230 Å². The van der Waals surface area contributed by atoms with Crippen molar-refractivity contribution in [2.75, 3.05) is 20.1 Å². The zero-order valence-electron chi connectivity index (χ0n) is 39.0. The lowest BCUT2D eigenvalue weighted by Crippen LogP contribution is -2.72. The molecular formula is C51H80N4O9. The average molecular weight is 893 g/mol. The summed E-state index contributed by atoms with van der Waals surface area (Å²) in [5, 5.41) is 97.2. The van der Waals surface area contributed by atoms with Crippen LogP contribution in [0.15, 0.2) is 47.3 Å². The number of allylic oxidation sites excluding steroid dienone is 4. The Labute approximate surface area is 380 Å². The Morgan fingerprint density at radius 2 is 1.80 bits per heavy atom. The van der Waals surface area contributed by atoms with Crippen LogP contribution in [-0.2, 0) is 9.53 Å². The van der Waals surface area contributed by atoms with Crippen LogP contribution in [-0.4, -0.2) is 121 Å². The highest BCUT2D eigenvalue weighted by Gasteiger charge is 2.78. The molecule has 12 N–H and O–H groups in total. The predicted molar refractivity (Wildman–Crippen MR) is 243 cm³/mol. The number of carbonyl (C=O) groups excluding carboxylic acids is 1. The van der Waals surface area contributed by atoms with Gasteiger partial charge in [0.1, 0.15) is 5.60 Å². The van der Waals surface area contributed by atoms with Crippen LogP contribution in [0.3, 0.4) is 0 Å². The smallest absolute Gasteiger partial charge is 0.182 e. The Morgan fingerprint density at radius 1 is 1.03 bits per heavy atom. The first-order chi connectivity index (χ1) is 30.3. The summed E-state index contributed by atoms with van der Waals surface area (Å²) < 4.78 is 7.04. The number of dihydropyridines is 1. The Bertz CT molecular complexity index is 1920. The van der Waals surface area contributed by atoms with E-state index in [0.717, 1.165) is 37.7 Å². The summed E-state index contributed by atoms with van der Waals surface area (Å²) in [5.74, 6) is -1.97. The number of hydrogen-bond acceptors (Lipinski definition) is 13. The molecule has 13 heteroatoms. The molecule has 2 heterocycles. The quantitative estimate of drug-likeness (QED) is 0.142. The molecule has 0 radical (unpaired) electrons. The van der Waals surface area contributed by atoms with E-state index < -0.39 is 81.3 Å². The molecule has 7 aliphatic carbocycles. The van der Waals surface area contributed by atoms with Crippen molar-refractivity contribution in [3.05, 3.63) is 47.3 Å². The third-order valence-electron chi connectivity index (χ3n) is 19.5. The highest BCUT2D eigenvalue weighted by atomic mass is 16.5. The number of ketones is 1. The van der Waals surface area contributed by atoms with E-state index in [0.29, 0.717) is 50.1 Å². The van der Waals surface area contributed by atoms with Gasteiger partial charge in [-0.05, 0) is 138 Å². The molecule has 20 unspecified atom stereocenters. The second-order valence-corrected chi connectivity index (χ2v) is 23.0. The summed E-state index contributed by atoms with van der Waals surface area (Å²) in [4.78, 5) is 15.6. The van der Waals surface area contributed by atoms with Crippen molar-refractivity contribution in [1.29, 1.82) is 0 Å². The monoisotopic (exact) mass is 893 g/mol. The minimum Gasteiger partial charge on any atom is -0.393 e. The molecule has 20 atom stereocenters. The molecule has 9 rings (SSSR count). The lowest BCUT2D eigenvalue weighted by molar-refractivity contribution is -0.258. The summed E-state index contributed by atoms with van der Waals surface area (Å²) in [7, 11) is 1.91. The second kappa shape index (κ2) is 16.8. The van der Waals surface area contributed by atoms with Crippen molar-refractivity contribution < 1.29 is 45.3 Å². The minimum atomic E-state index is -1.81. The number of aliphatic hydroxyl groups excluding tert-OH is 4. The van der Waals surface area contributed by atoms with Crippen LogP contribution >= 0.6 is 0 Å². The van der Waals surface area contributed by atoms with E-state index in [1.54, 1.807) is 13.8 Å². The number of rotatable bonds is 10. The van der Waals surface area contributed by atoms with Gasteiger partial charge < -0.3 is 62.2 Å². The van der Waals surface area contributed by atoms with Gasteiger partial charge in [0.2, 0.25) is 0 Å². The first-order valence-electron chi connectivity index (χ1n) is 25.1. The van der Waals surface area contributed by atoms with E-state index >= 15 is 4.79 Å². The molecule has 9 aliphatic rings. The fourth-order valence-electron chi connectivity index (χ4n) is 16.8. The van der Waals surface area contributed by atoms with Gasteiger partial charge in [-0.1, -0.05) is 51.3 Å².